The third kappa shape index (κ3) is 4.19. The molecule has 4 rings (SSSR count). The summed E-state index contributed by atoms with van der Waals surface area (Å²) in [6.07, 6.45) is 5.30. The van der Waals surface area contributed by atoms with Gasteiger partial charge >= 0.3 is 0 Å². The Labute approximate surface area is 174 Å². The molecule has 0 aromatic heterocycles. The number of amides is 2. The van der Waals surface area contributed by atoms with Gasteiger partial charge in [0.05, 0.1) is 5.92 Å². The SMILES string of the molecule is CC1CCCC(C)N1C(=O)C1CNNC1C1CCN(C(=O)c2ccccc2)CC1. The molecule has 2 N–H and O–H groups in total. The van der Waals surface area contributed by atoms with Crippen molar-refractivity contribution in [1.29, 1.82) is 0 Å². The van der Waals surface area contributed by atoms with E-state index in [1.807, 2.05) is 35.2 Å². The average Bonchev–Trinajstić information content (AvgIpc) is 3.24. The minimum Gasteiger partial charge on any atom is -0.339 e. The van der Waals surface area contributed by atoms with Gasteiger partial charge < -0.3 is 9.80 Å². The molecule has 3 saturated heterocycles. The molecule has 3 fully saturated rings. The van der Waals surface area contributed by atoms with Gasteiger partial charge in [0, 0.05) is 43.3 Å². The van der Waals surface area contributed by atoms with E-state index in [4.69, 9.17) is 0 Å². The Bertz CT molecular complexity index is 707. The van der Waals surface area contributed by atoms with Gasteiger partial charge in [-0.3, -0.25) is 20.4 Å². The van der Waals surface area contributed by atoms with Crippen LogP contribution in [0.3, 0.4) is 0 Å². The van der Waals surface area contributed by atoms with Gasteiger partial charge in [-0.05, 0) is 64.0 Å². The largest absolute Gasteiger partial charge is 0.339 e. The Morgan fingerprint density at radius 2 is 1.62 bits per heavy atom. The quantitative estimate of drug-likeness (QED) is 0.821. The summed E-state index contributed by atoms with van der Waals surface area (Å²) in [5, 5.41) is 0. The number of carbonyl (C=O) groups excluding carboxylic acids is 2. The van der Waals surface area contributed by atoms with Gasteiger partial charge in [-0.25, -0.2) is 0 Å². The van der Waals surface area contributed by atoms with Crippen LogP contribution in [0.25, 0.3) is 0 Å². The molecule has 4 atom stereocenters. The van der Waals surface area contributed by atoms with Gasteiger partial charge in [-0.2, -0.15) is 0 Å². The maximum Gasteiger partial charge on any atom is 0.253 e. The molecule has 3 aliphatic rings. The molecule has 4 unspecified atom stereocenters. The number of hydrazine groups is 1. The Morgan fingerprint density at radius 1 is 0.966 bits per heavy atom. The summed E-state index contributed by atoms with van der Waals surface area (Å²) < 4.78 is 0. The molecule has 3 heterocycles. The number of nitrogens with zero attached hydrogens (tertiary/aromatic N) is 2. The lowest BCUT2D eigenvalue weighted by molar-refractivity contribution is -0.142. The lowest BCUT2D eigenvalue weighted by Crippen LogP contribution is -2.54. The van der Waals surface area contributed by atoms with Crippen LogP contribution in [0.1, 0.15) is 56.3 Å². The maximum atomic E-state index is 13.4. The molecule has 158 valence electrons. The molecule has 29 heavy (non-hydrogen) atoms. The van der Waals surface area contributed by atoms with E-state index in [0.29, 0.717) is 30.5 Å². The molecule has 1 aromatic carbocycles. The summed E-state index contributed by atoms with van der Waals surface area (Å²) >= 11 is 0. The normalized spacial score (nSPS) is 31.1. The first-order valence-corrected chi connectivity index (χ1v) is 11.2. The number of nitrogens with one attached hydrogen (secondary N) is 2. The fourth-order valence-corrected chi connectivity index (χ4v) is 5.47. The smallest absolute Gasteiger partial charge is 0.253 e. The second-order valence-corrected chi connectivity index (χ2v) is 9.03. The van der Waals surface area contributed by atoms with Crippen molar-refractivity contribution in [3.63, 3.8) is 0 Å². The molecule has 0 spiro atoms. The molecule has 0 aliphatic carbocycles. The predicted octanol–water partition coefficient (Wildman–Crippen LogP) is 2.42. The first-order chi connectivity index (χ1) is 14.1. The Morgan fingerprint density at radius 3 is 2.28 bits per heavy atom. The van der Waals surface area contributed by atoms with E-state index in [0.717, 1.165) is 44.3 Å². The van der Waals surface area contributed by atoms with Crippen molar-refractivity contribution >= 4 is 11.8 Å². The molecule has 6 nitrogen and oxygen atoms in total. The summed E-state index contributed by atoms with van der Waals surface area (Å²) in [6.45, 7) is 6.59. The van der Waals surface area contributed by atoms with Gasteiger partial charge in [0.1, 0.15) is 0 Å². The maximum absolute atomic E-state index is 13.4. The highest BCUT2D eigenvalue weighted by Crippen LogP contribution is 2.31. The zero-order chi connectivity index (χ0) is 20.4. The summed E-state index contributed by atoms with van der Waals surface area (Å²) in [7, 11) is 0. The van der Waals surface area contributed by atoms with Crippen molar-refractivity contribution in [2.75, 3.05) is 19.6 Å². The van der Waals surface area contributed by atoms with Gasteiger partial charge in [-0.1, -0.05) is 18.2 Å². The minimum absolute atomic E-state index is 0.0145. The van der Waals surface area contributed by atoms with E-state index < -0.39 is 0 Å². The van der Waals surface area contributed by atoms with E-state index in [1.54, 1.807) is 0 Å². The van der Waals surface area contributed by atoms with Crippen molar-refractivity contribution in [2.24, 2.45) is 11.8 Å². The molecule has 6 heteroatoms. The van der Waals surface area contributed by atoms with E-state index in [1.165, 1.54) is 6.42 Å². The Balaban J connectivity index is 1.37. The fraction of sp³-hybridized carbons (Fsp3) is 0.652. The monoisotopic (exact) mass is 398 g/mol. The zero-order valence-electron chi connectivity index (χ0n) is 17.6. The van der Waals surface area contributed by atoms with Crippen molar-refractivity contribution in [3.8, 4) is 0 Å². The number of piperidine rings is 2. The first-order valence-electron chi connectivity index (χ1n) is 11.2. The standard InChI is InChI=1S/C23H34N4O2/c1-16-7-6-8-17(2)27(16)23(29)20-15-24-25-21(20)18-11-13-26(14-12-18)22(28)19-9-4-3-5-10-19/h3-5,9-10,16-18,20-21,24-25H,6-8,11-15H2,1-2H3. The van der Waals surface area contributed by atoms with Gasteiger partial charge in [-0.15, -0.1) is 0 Å². The summed E-state index contributed by atoms with van der Waals surface area (Å²) in [6, 6.07) is 10.3. The lowest BCUT2D eigenvalue weighted by atomic mass is 9.81. The number of rotatable bonds is 3. The molecule has 0 bridgehead atoms. The van der Waals surface area contributed by atoms with Crippen LogP contribution in [0.2, 0.25) is 0 Å². The second kappa shape index (κ2) is 8.84. The third-order valence-corrected chi connectivity index (χ3v) is 7.14. The van der Waals surface area contributed by atoms with Crippen LogP contribution in [0.15, 0.2) is 30.3 Å². The molecule has 2 amide bonds. The fourth-order valence-electron chi connectivity index (χ4n) is 5.47. The van der Waals surface area contributed by atoms with E-state index in [-0.39, 0.29) is 17.9 Å². The van der Waals surface area contributed by atoms with E-state index >= 15 is 0 Å². The average molecular weight is 399 g/mol. The lowest BCUT2D eigenvalue weighted by Gasteiger charge is -2.42. The molecular formula is C23H34N4O2. The van der Waals surface area contributed by atoms with Crippen LogP contribution in [0.4, 0.5) is 0 Å². The zero-order valence-corrected chi connectivity index (χ0v) is 17.6. The van der Waals surface area contributed by atoms with E-state index in [9.17, 15) is 9.59 Å². The molecule has 1 aromatic rings. The summed E-state index contributed by atoms with van der Waals surface area (Å²) in [5.74, 6) is 0.814. The molecule has 3 aliphatic heterocycles. The number of hydrogen-bond acceptors (Lipinski definition) is 4. The van der Waals surface area contributed by atoms with Gasteiger partial charge in [0.2, 0.25) is 5.91 Å². The highest BCUT2D eigenvalue weighted by Gasteiger charge is 2.43. The number of benzene rings is 1. The van der Waals surface area contributed by atoms with Crippen molar-refractivity contribution < 1.29 is 9.59 Å². The first kappa shape index (κ1) is 20.4. The molecule has 0 saturated carbocycles. The van der Waals surface area contributed by atoms with Crippen LogP contribution in [-0.2, 0) is 4.79 Å². The topological polar surface area (TPSA) is 64.7 Å². The second-order valence-electron chi connectivity index (χ2n) is 9.03. The molecular weight excluding hydrogens is 364 g/mol. The van der Waals surface area contributed by atoms with Crippen LogP contribution < -0.4 is 10.9 Å². The van der Waals surface area contributed by atoms with E-state index in [2.05, 4.69) is 29.6 Å². The molecule has 0 radical (unpaired) electrons. The minimum atomic E-state index is -0.0145. The van der Waals surface area contributed by atoms with Crippen LogP contribution in [-0.4, -0.2) is 59.4 Å². The highest BCUT2D eigenvalue weighted by atomic mass is 16.2. The predicted molar refractivity (Wildman–Crippen MR) is 113 cm³/mol. The van der Waals surface area contributed by atoms with Crippen LogP contribution in [0.5, 0.6) is 0 Å². The van der Waals surface area contributed by atoms with Crippen molar-refractivity contribution in [1.82, 2.24) is 20.7 Å². The number of hydrogen-bond donors (Lipinski definition) is 2. The van der Waals surface area contributed by atoms with Gasteiger partial charge in [0.25, 0.3) is 5.91 Å². The third-order valence-electron chi connectivity index (χ3n) is 7.14. The summed E-state index contributed by atoms with van der Waals surface area (Å²) in [5.41, 5.74) is 7.41. The van der Waals surface area contributed by atoms with Crippen LogP contribution in [0, 0.1) is 11.8 Å². The van der Waals surface area contributed by atoms with Crippen molar-refractivity contribution in [2.45, 2.75) is 64.1 Å². The van der Waals surface area contributed by atoms with Gasteiger partial charge in [0.15, 0.2) is 0 Å². The number of likely N-dealkylation sites (tertiary alicyclic amines) is 2. The highest BCUT2D eigenvalue weighted by molar-refractivity contribution is 5.94. The van der Waals surface area contributed by atoms with Crippen molar-refractivity contribution in [3.05, 3.63) is 35.9 Å². The van der Waals surface area contributed by atoms with Crippen LogP contribution >= 0.6 is 0 Å². The Kier molecular flexibility index (Phi) is 6.20. The number of carbonyl (C=O) groups is 2. The Hall–Kier alpha value is -1.92. The summed E-state index contributed by atoms with van der Waals surface area (Å²) in [4.78, 5) is 30.2.